The van der Waals surface area contributed by atoms with Crippen LogP contribution in [0.4, 0.5) is 17.6 Å². The Morgan fingerprint density at radius 1 is 1.18 bits per heavy atom. The normalized spacial score (nSPS) is 32.5. The first-order chi connectivity index (χ1) is 10.2. The molecule has 2 aliphatic rings. The van der Waals surface area contributed by atoms with Crippen molar-refractivity contribution in [1.29, 1.82) is 0 Å². The molecule has 0 saturated carbocycles. The van der Waals surface area contributed by atoms with Crippen LogP contribution in [0.1, 0.15) is 36.8 Å². The third-order valence-electron chi connectivity index (χ3n) is 5.03. The van der Waals surface area contributed by atoms with Crippen LogP contribution in [0.2, 0.25) is 0 Å². The van der Waals surface area contributed by atoms with Crippen LogP contribution in [0.3, 0.4) is 0 Å². The second kappa shape index (κ2) is 5.20. The molecule has 2 saturated heterocycles. The molecule has 1 aromatic rings. The molecule has 0 radical (unpaired) electrons. The van der Waals surface area contributed by atoms with Gasteiger partial charge in [-0.15, -0.1) is 0 Å². The maximum atomic E-state index is 13.5. The Kier molecular flexibility index (Phi) is 3.72. The largest absolute Gasteiger partial charge is 0.416 e. The molecule has 2 atom stereocenters. The lowest BCUT2D eigenvalue weighted by Gasteiger charge is -2.42. The molecule has 1 aromatic carbocycles. The Morgan fingerprint density at radius 3 is 2.32 bits per heavy atom. The van der Waals surface area contributed by atoms with E-state index in [0.717, 1.165) is 25.0 Å². The molecule has 2 fully saturated rings. The summed E-state index contributed by atoms with van der Waals surface area (Å²) >= 11 is 0. The van der Waals surface area contributed by atoms with E-state index in [9.17, 15) is 22.7 Å². The number of halogens is 4. The molecule has 3 rings (SSSR count). The van der Waals surface area contributed by atoms with E-state index in [1.807, 2.05) is 7.05 Å². The zero-order valence-corrected chi connectivity index (χ0v) is 12.3. The standard InChI is InChI=1S/C16H19F4NO/c1-21-13-2-3-14(21)9-15(22,8-13)7-10-4-11(16(18,19)20)6-12(17)5-10/h4-6,13-14,22H,2-3,7-9H2,1H3. The zero-order chi connectivity index (χ0) is 16.1. The number of nitrogens with zero attached hydrogens (tertiary/aromatic N) is 1. The fourth-order valence-electron chi connectivity index (χ4n) is 3.98. The number of hydrogen-bond acceptors (Lipinski definition) is 2. The van der Waals surface area contributed by atoms with Gasteiger partial charge in [0.1, 0.15) is 5.82 Å². The van der Waals surface area contributed by atoms with Crippen LogP contribution >= 0.6 is 0 Å². The first-order valence-corrected chi connectivity index (χ1v) is 7.47. The summed E-state index contributed by atoms with van der Waals surface area (Å²) in [4.78, 5) is 2.24. The van der Waals surface area contributed by atoms with Crippen molar-refractivity contribution in [2.24, 2.45) is 0 Å². The van der Waals surface area contributed by atoms with Crippen LogP contribution in [-0.2, 0) is 12.6 Å². The van der Waals surface area contributed by atoms with Gasteiger partial charge in [0.2, 0.25) is 0 Å². The molecule has 2 aliphatic heterocycles. The Balaban J connectivity index is 1.83. The molecule has 0 spiro atoms. The number of hydrogen-bond donors (Lipinski definition) is 1. The predicted molar refractivity (Wildman–Crippen MR) is 73.9 cm³/mol. The molecule has 0 amide bonds. The van der Waals surface area contributed by atoms with E-state index < -0.39 is 23.2 Å². The molecule has 2 heterocycles. The molecule has 122 valence electrons. The van der Waals surface area contributed by atoms with E-state index in [1.165, 1.54) is 0 Å². The maximum absolute atomic E-state index is 13.5. The highest BCUT2D eigenvalue weighted by molar-refractivity contribution is 5.28. The van der Waals surface area contributed by atoms with Crippen molar-refractivity contribution in [1.82, 2.24) is 4.90 Å². The number of fused-ring (bicyclic) bond motifs is 2. The third-order valence-corrected chi connectivity index (χ3v) is 5.03. The summed E-state index contributed by atoms with van der Waals surface area (Å²) in [5.74, 6) is -0.913. The van der Waals surface area contributed by atoms with Gasteiger partial charge in [0.15, 0.2) is 0 Å². The number of rotatable bonds is 2. The van der Waals surface area contributed by atoms with Gasteiger partial charge < -0.3 is 10.0 Å². The van der Waals surface area contributed by atoms with E-state index in [2.05, 4.69) is 4.90 Å². The molecule has 22 heavy (non-hydrogen) atoms. The number of benzene rings is 1. The summed E-state index contributed by atoms with van der Waals surface area (Å²) in [6.07, 6.45) is -1.46. The highest BCUT2D eigenvalue weighted by atomic mass is 19.4. The summed E-state index contributed by atoms with van der Waals surface area (Å²) in [5.41, 5.74) is -1.84. The van der Waals surface area contributed by atoms with Crippen molar-refractivity contribution in [2.75, 3.05) is 7.05 Å². The molecule has 2 unspecified atom stereocenters. The number of piperidine rings is 1. The van der Waals surface area contributed by atoms with Crippen LogP contribution in [0.25, 0.3) is 0 Å². The molecule has 1 N–H and O–H groups in total. The summed E-state index contributed by atoms with van der Waals surface area (Å²) in [5, 5.41) is 10.8. The van der Waals surface area contributed by atoms with Crippen LogP contribution in [0.15, 0.2) is 18.2 Å². The molecule has 6 heteroatoms. The summed E-state index contributed by atoms with van der Waals surface area (Å²) < 4.78 is 51.8. The number of alkyl halides is 3. The quantitative estimate of drug-likeness (QED) is 0.846. The lowest BCUT2D eigenvalue weighted by atomic mass is 9.81. The maximum Gasteiger partial charge on any atom is 0.416 e. The summed E-state index contributed by atoms with van der Waals surface area (Å²) in [6.45, 7) is 0. The lowest BCUT2D eigenvalue weighted by molar-refractivity contribution is -0.137. The molecule has 2 nitrogen and oxygen atoms in total. The van der Waals surface area contributed by atoms with Crippen LogP contribution in [0.5, 0.6) is 0 Å². The molecule has 0 aliphatic carbocycles. The van der Waals surface area contributed by atoms with Gasteiger partial charge in [0.25, 0.3) is 0 Å². The van der Waals surface area contributed by atoms with Crippen LogP contribution in [0, 0.1) is 5.82 Å². The van der Waals surface area contributed by atoms with Gasteiger partial charge in [0.05, 0.1) is 11.2 Å². The smallest absolute Gasteiger partial charge is 0.389 e. The topological polar surface area (TPSA) is 23.5 Å². The van der Waals surface area contributed by atoms with E-state index in [-0.39, 0.29) is 24.1 Å². The SMILES string of the molecule is CN1C2CCC1CC(O)(Cc1cc(F)cc(C(F)(F)F)c1)C2. The van der Waals surface area contributed by atoms with Crippen molar-refractivity contribution in [3.63, 3.8) is 0 Å². The van der Waals surface area contributed by atoms with E-state index in [0.29, 0.717) is 18.9 Å². The van der Waals surface area contributed by atoms with Gasteiger partial charge in [-0.25, -0.2) is 4.39 Å². The second-order valence-corrected chi connectivity index (χ2v) is 6.71. The average molecular weight is 317 g/mol. The second-order valence-electron chi connectivity index (χ2n) is 6.71. The highest BCUT2D eigenvalue weighted by Gasteiger charge is 2.46. The highest BCUT2D eigenvalue weighted by Crippen LogP contribution is 2.41. The van der Waals surface area contributed by atoms with Crippen LogP contribution in [-0.4, -0.2) is 34.7 Å². The van der Waals surface area contributed by atoms with Gasteiger partial charge in [-0.3, -0.25) is 0 Å². The monoisotopic (exact) mass is 317 g/mol. The minimum atomic E-state index is -4.58. The lowest BCUT2D eigenvalue weighted by Crippen LogP contribution is -2.50. The molecule has 0 aromatic heterocycles. The zero-order valence-electron chi connectivity index (χ0n) is 12.3. The van der Waals surface area contributed by atoms with Crippen molar-refractivity contribution in [3.05, 3.63) is 35.1 Å². The minimum absolute atomic E-state index is 0.0642. The fraction of sp³-hybridized carbons (Fsp3) is 0.625. The first-order valence-electron chi connectivity index (χ1n) is 7.47. The van der Waals surface area contributed by atoms with Crippen molar-refractivity contribution >= 4 is 0 Å². The van der Waals surface area contributed by atoms with Gasteiger partial charge >= 0.3 is 6.18 Å². The minimum Gasteiger partial charge on any atom is -0.389 e. The average Bonchev–Trinajstić information content (AvgIpc) is 2.60. The predicted octanol–water partition coefficient (Wildman–Crippen LogP) is 3.37. The third kappa shape index (κ3) is 2.99. The number of aliphatic hydroxyl groups is 1. The molecular weight excluding hydrogens is 298 g/mol. The van der Waals surface area contributed by atoms with Gasteiger partial charge in [-0.05, 0) is 56.5 Å². The first kappa shape index (κ1) is 15.7. The Hall–Kier alpha value is -1.14. The van der Waals surface area contributed by atoms with E-state index >= 15 is 0 Å². The van der Waals surface area contributed by atoms with Crippen molar-refractivity contribution in [3.8, 4) is 0 Å². The molecule has 2 bridgehead atoms. The van der Waals surface area contributed by atoms with Crippen LogP contribution < -0.4 is 0 Å². The molecular formula is C16H19F4NO. The van der Waals surface area contributed by atoms with Gasteiger partial charge in [-0.1, -0.05) is 0 Å². The Labute approximate surface area is 126 Å². The summed E-state index contributed by atoms with van der Waals surface area (Å²) in [6, 6.07) is 3.06. The fourth-order valence-corrected chi connectivity index (χ4v) is 3.98. The van der Waals surface area contributed by atoms with Crippen molar-refractivity contribution in [2.45, 2.75) is 56.0 Å². The van der Waals surface area contributed by atoms with E-state index in [1.54, 1.807) is 0 Å². The van der Waals surface area contributed by atoms with Gasteiger partial charge in [0, 0.05) is 18.5 Å². The summed E-state index contributed by atoms with van der Waals surface area (Å²) in [7, 11) is 2.02. The van der Waals surface area contributed by atoms with E-state index in [4.69, 9.17) is 0 Å². The Bertz CT molecular complexity index is 558. The Morgan fingerprint density at radius 2 is 1.77 bits per heavy atom. The van der Waals surface area contributed by atoms with Crippen molar-refractivity contribution < 1.29 is 22.7 Å². The van der Waals surface area contributed by atoms with Gasteiger partial charge in [-0.2, -0.15) is 13.2 Å².